The molecule has 262 valence electrons. The maximum atomic E-state index is 13.1. The summed E-state index contributed by atoms with van der Waals surface area (Å²) in [7, 11) is 0. The van der Waals surface area contributed by atoms with Crippen molar-refractivity contribution in [2.24, 2.45) is 0 Å². The molecule has 1 atom stereocenters. The van der Waals surface area contributed by atoms with E-state index in [0.717, 1.165) is 67.9 Å². The Morgan fingerprint density at radius 2 is 1.73 bits per heavy atom. The highest BCUT2D eigenvalue weighted by molar-refractivity contribution is 6.05. The average Bonchev–Trinajstić information content (AvgIpc) is 3.49. The van der Waals surface area contributed by atoms with E-state index in [1.807, 2.05) is 36.5 Å². The number of piperidine rings is 3. The smallest absolute Gasteiger partial charge is 0.255 e. The van der Waals surface area contributed by atoms with Crippen LogP contribution >= 0.6 is 0 Å². The number of anilines is 2. The number of rotatable bonds is 8. The van der Waals surface area contributed by atoms with Crippen LogP contribution in [0.25, 0.3) is 11.3 Å². The molecule has 0 saturated carbocycles. The maximum Gasteiger partial charge on any atom is 0.255 e. The molecule has 0 bridgehead atoms. The molecule has 8 rings (SSSR count). The molecular weight excluding hydrogens is 644 g/mol. The number of nitrogens with one attached hydrogen (secondary N) is 2. The van der Waals surface area contributed by atoms with Crippen molar-refractivity contribution in [2.75, 3.05) is 36.4 Å². The second kappa shape index (κ2) is 13.8. The number of amides is 3. The predicted octanol–water partition coefficient (Wildman–Crippen LogP) is 3.86. The van der Waals surface area contributed by atoms with Crippen molar-refractivity contribution >= 4 is 29.4 Å². The van der Waals surface area contributed by atoms with Crippen LogP contribution in [0.2, 0.25) is 0 Å². The van der Waals surface area contributed by atoms with Gasteiger partial charge in [-0.25, -0.2) is 9.97 Å². The van der Waals surface area contributed by atoms with Crippen LogP contribution in [0.4, 0.5) is 11.6 Å². The van der Waals surface area contributed by atoms with Crippen molar-refractivity contribution in [3.8, 4) is 11.3 Å². The van der Waals surface area contributed by atoms with Gasteiger partial charge in [-0.3, -0.25) is 29.6 Å². The highest BCUT2D eigenvalue weighted by Crippen LogP contribution is 2.37. The Bertz CT molecular complexity index is 1920. The van der Waals surface area contributed by atoms with E-state index in [1.54, 1.807) is 23.4 Å². The van der Waals surface area contributed by atoms with Crippen LogP contribution in [-0.4, -0.2) is 85.8 Å². The first-order chi connectivity index (χ1) is 24.8. The first-order valence-corrected chi connectivity index (χ1v) is 17.9. The van der Waals surface area contributed by atoms with E-state index in [9.17, 15) is 19.5 Å². The number of aromatic nitrogens is 3. The van der Waals surface area contributed by atoms with Gasteiger partial charge in [-0.2, -0.15) is 0 Å². The van der Waals surface area contributed by atoms with Crippen LogP contribution in [0, 0.1) is 0 Å². The minimum absolute atomic E-state index is 0.199. The van der Waals surface area contributed by atoms with Gasteiger partial charge in [-0.1, -0.05) is 24.3 Å². The van der Waals surface area contributed by atoms with Crippen LogP contribution in [0.5, 0.6) is 0 Å². The minimum Gasteiger partial charge on any atom is -0.385 e. The number of hydrogen-bond acceptors (Lipinski definition) is 10. The third-order valence-electron chi connectivity index (χ3n) is 10.9. The first kappa shape index (κ1) is 33.0. The summed E-state index contributed by atoms with van der Waals surface area (Å²) in [6.45, 7) is 4.54. The lowest BCUT2D eigenvalue weighted by atomic mass is 9.83. The number of carbonyl (C=O) groups excluding carboxylic acids is 3. The molecule has 3 amide bonds. The fourth-order valence-electron chi connectivity index (χ4n) is 7.87. The van der Waals surface area contributed by atoms with Gasteiger partial charge in [0, 0.05) is 87.1 Å². The summed E-state index contributed by atoms with van der Waals surface area (Å²) >= 11 is 0. The van der Waals surface area contributed by atoms with E-state index in [2.05, 4.69) is 54.7 Å². The normalized spacial score (nSPS) is 21.0. The zero-order chi connectivity index (χ0) is 35.0. The Labute approximate surface area is 296 Å². The maximum absolute atomic E-state index is 13.1. The number of fused-ring (bicyclic) bond motifs is 1. The van der Waals surface area contributed by atoms with E-state index in [4.69, 9.17) is 4.98 Å². The lowest BCUT2D eigenvalue weighted by molar-refractivity contribution is -0.136. The van der Waals surface area contributed by atoms with Crippen molar-refractivity contribution < 1.29 is 19.5 Å². The molecule has 3 N–H and O–H groups in total. The van der Waals surface area contributed by atoms with E-state index < -0.39 is 17.6 Å². The standard InChI is InChI=1S/C39H42N8O4/c48-35-10-9-34(36(49)44-35)47-25-28-22-29(5-8-32(28)37(47)50)39(51)14-20-45(21-15-39)24-26-3-6-31(7-4-26)46-18-12-30(13-19-46)42-38-41-17-11-33(43-38)27-2-1-16-40-23-27/h1-8,11,16-17,22-23,30,34,51H,9-10,12-15,18-21,24-25H2,(H,41,42,43)(H,44,48,49). The molecule has 6 heterocycles. The molecule has 51 heavy (non-hydrogen) atoms. The summed E-state index contributed by atoms with van der Waals surface area (Å²) in [5.74, 6) is -0.269. The third kappa shape index (κ3) is 6.93. The van der Waals surface area contributed by atoms with Gasteiger partial charge in [0.05, 0.1) is 11.3 Å². The quantitative estimate of drug-likeness (QED) is 0.234. The van der Waals surface area contributed by atoms with Crippen molar-refractivity contribution in [2.45, 2.75) is 69.3 Å². The lowest BCUT2D eigenvalue weighted by Crippen LogP contribution is -2.52. The second-order valence-corrected chi connectivity index (χ2v) is 14.2. The topological polar surface area (TPSA) is 144 Å². The molecular formula is C39H42N8O4. The first-order valence-electron chi connectivity index (χ1n) is 17.9. The number of hydrogen-bond donors (Lipinski definition) is 3. The lowest BCUT2D eigenvalue weighted by Gasteiger charge is -2.39. The Balaban J connectivity index is 0.816. The van der Waals surface area contributed by atoms with Gasteiger partial charge in [0.15, 0.2) is 0 Å². The van der Waals surface area contributed by atoms with Gasteiger partial charge in [0.2, 0.25) is 17.8 Å². The summed E-state index contributed by atoms with van der Waals surface area (Å²) in [5.41, 5.74) is 5.52. The van der Waals surface area contributed by atoms with Crippen LogP contribution < -0.4 is 15.5 Å². The van der Waals surface area contributed by atoms with Crippen molar-refractivity contribution in [1.29, 1.82) is 0 Å². The minimum atomic E-state index is -0.976. The Kier molecular flexibility index (Phi) is 8.95. The largest absolute Gasteiger partial charge is 0.385 e. The molecule has 2 aromatic carbocycles. The summed E-state index contributed by atoms with van der Waals surface area (Å²) in [5, 5.41) is 17.6. The fourth-order valence-corrected chi connectivity index (χ4v) is 7.87. The zero-order valence-corrected chi connectivity index (χ0v) is 28.5. The Morgan fingerprint density at radius 1 is 0.922 bits per heavy atom. The molecule has 4 aromatic rings. The van der Waals surface area contributed by atoms with E-state index in [1.165, 1.54) is 11.3 Å². The van der Waals surface area contributed by atoms with Crippen molar-refractivity contribution in [1.82, 2.24) is 30.1 Å². The molecule has 4 aliphatic rings. The van der Waals surface area contributed by atoms with Crippen molar-refractivity contribution in [3.05, 3.63) is 102 Å². The van der Waals surface area contributed by atoms with E-state index in [0.29, 0.717) is 43.4 Å². The van der Waals surface area contributed by atoms with Gasteiger partial charge in [-0.05, 0) is 85.2 Å². The number of imide groups is 1. The molecule has 1 unspecified atom stereocenters. The number of benzene rings is 2. The van der Waals surface area contributed by atoms with Gasteiger partial charge >= 0.3 is 0 Å². The molecule has 12 heteroatoms. The molecule has 4 aliphatic heterocycles. The van der Waals surface area contributed by atoms with Gasteiger partial charge < -0.3 is 20.2 Å². The van der Waals surface area contributed by atoms with Crippen LogP contribution in [-0.2, 0) is 28.3 Å². The van der Waals surface area contributed by atoms with E-state index in [-0.39, 0.29) is 18.2 Å². The highest BCUT2D eigenvalue weighted by atomic mass is 16.3. The predicted molar refractivity (Wildman–Crippen MR) is 191 cm³/mol. The SMILES string of the molecule is O=C1CCC(N2Cc3cc(C4(O)CCN(Cc5ccc(N6CCC(Nc7nccc(-c8cccnc8)n7)CC6)cc5)CC4)ccc3C2=O)C(=O)N1. The number of carbonyl (C=O) groups is 3. The Hall–Kier alpha value is -5.20. The summed E-state index contributed by atoms with van der Waals surface area (Å²) in [6, 6.07) is 19.9. The third-order valence-corrected chi connectivity index (χ3v) is 10.9. The summed E-state index contributed by atoms with van der Waals surface area (Å²) in [6.07, 6.45) is 9.09. The highest BCUT2D eigenvalue weighted by Gasteiger charge is 2.41. The fraction of sp³-hybridized carbons (Fsp3) is 0.385. The number of pyridine rings is 1. The van der Waals surface area contributed by atoms with E-state index >= 15 is 0 Å². The van der Waals surface area contributed by atoms with Crippen molar-refractivity contribution in [3.63, 3.8) is 0 Å². The second-order valence-electron chi connectivity index (χ2n) is 14.2. The molecule has 3 fully saturated rings. The zero-order valence-electron chi connectivity index (χ0n) is 28.5. The molecule has 12 nitrogen and oxygen atoms in total. The van der Waals surface area contributed by atoms with Crippen LogP contribution in [0.1, 0.15) is 65.6 Å². The van der Waals surface area contributed by atoms with Gasteiger partial charge in [-0.15, -0.1) is 0 Å². The summed E-state index contributed by atoms with van der Waals surface area (Å²) in [4.78, 5) is 56.9. The Morgan fingerprint density at radius 3 is 2.47 bits per heavy atom. The van der Waals surface area contributed by atoms with Crippen LogP contribution in [0.15, 0.2) is 79.3 Å². The monoisotopic (exact) mass is 686 g/mol. The average molecular weight is 687 g/mol. The van der Waals surface area contributed by atoms with Gasteiger partial charge in [0.1, 0.15) is 6.04 Å². The molecule has 0 spiro atoms. The molecule has 0 radical (unpaired) electrons. The van der Waals surface area contributed by atoms with Crippen LogP contribution in [0.3, 0.4) is 0 Å². The molecule has 3 saturated heterocycles. The molecule has 2 aromatic heterocycles. The van der Waals surface area contributed by atoms with Gasteiger partial charge in [0.25, 0.3) is 5.91 Å². The number of aliphatic hydroxyl groups is 1. The number of likely N-dealkylation sites (tertiary alicyclic amines) is 1. The summed E-state index contributed by atoms with van der Waals surface area (Å²) < 4.78 is 0. The molecule has 0 aliphatic carbocycles. The number of nitrogens with zero attached hydrogens (tertiary/aromatic N) is 6.